The Morgan fingerprint density at radius 2 is 2.06 bits per heavy atom. The molecule has 2 aromatic heterocycles. The van der Waals surface area contributed by atoms with E-state index in [0.29, 0.717) is 12.2 Å². The number of nitrogens with zero attached hydrogens (tertiary/aromatic N) is 1. The number of furan rings is 1. The molecule has 2 aromatic rings. The molecule has 2 rings (SSSR count). The van der Waals surface area contributed by atoms with Gasteiger partial charge in [-0.2, -0.15) is 0 Å². The number of aryl methyl sites for hydroxylation is 2. The fourth-order valence-corrected chi connectivity index (χ4v) is 1.77. The smallest absolute Gasteiger partial charge is 0.138 e. The first kappa shape index (κ1) is 12.6. The summed E-state index contributed by atoms with van der Waals surface area (Å²) in [4.78, 5) is 4.30. The molecule has 0 unspecified atom stereocenters. The third kappa shape index (κ3) is 2.90. The Morgan fingerprint density at radius 3 is 2.72 bits per heavy atom. The Morgan fingerprint density at radius 1 is 1.28 bits per heavy atom. The van der Waals surface area contributed by atoms with Crippen molar-refractivity contribution < 1.29 is 9.52 Å². The van der Waals surface area contributed by atoms with Crippen LogP contribution in [-0.2, 0) is 6.54 Å². The van der Waals surface area contributed by atoms with Gasteiger partial charge in [-0.05, 0) is 45.0 Å². The topological polar surface area (TPSA) is 58.3 Å². The Hall–Kier alpha value is -1.81. The second-order valence-electron chi connectivity index (χ2n) is 4.47. The van der Waals surface area contributed by atoms with E-state index in [1.54, 1.807) is 12.1 Å². The Bertz CT molecular complexity index is 534. The average molecular weight is 246 g/mol. The van der Waals surface area contributed by atoms with Crippen LogP contribution in [0.3, 0.4) is 0 Å². The summed E-state index contributed by atoms with van der Waals surface area (Å²) in [7, 11) is 0. The van der Waals surface area contributed by atoms with Gasteiger partial charge in [0.25, 0.3) is 0 Å². The third-order valence-electron chi connectivity index (χ3n) is 2.85. The van der Waals surface area contributed by atoms with Crippen LogP contribution in [0.5, 0.6) is 5.75 Å². The molecular weight excluding hydrogens is 228 g/mol. The molecule has 18 heavy (non-hydrogen) atoms. The molecular formula is C14H18N2O2. The molecule has 0 aliphatic heterocycles. The van der Waals surface area contributed by atoms with Gasteiger partial charge in [-0.25, -0.2) is 0 Å². The summed E-state index contributed by atoms with van der Waals surface area (Å²) in [5.74, 6) is 2.01. The maximum absolute atomic E-state index is 9.70. The van der Waals surface area contributed by atoms with E-state index in [-0.39, 0.29) is 11.8 Å². The van der Waals surface area contributed by atoms with Gasteiger partial charge in [-0.3, -0.25) is 4.98 Å². The normalized spacial score (nSPS) is 12.6. The molecule has 0 aliphatic carbocycles. The van der Waals surface area contributed by atoms with E-state index in [0.717, 1.165) is 17.2 Å². The van der Waals surface area contributed by atoms with Crippen molar-refractivity contribution in [3.63, 3.8) is 0 Å². The minimum atomic E-state index is 0.0837. The monoisotopic (exact) mass is 246 g/mol. The first-order valence-electron chi connectivity index (χ1n) is 6.01. The van der Waals surface area contributed by atoms with Gasteiger partial charge >= 0.3 is 0 Å². The van der Waals surface area contributed by atoms with Crippen molar-refractivity contribution in [2.24, 2.45) is 0 Å². The predicted molar refractivity (Wildman–Crippen MR) is 69.3 cm³/mol. The van der Waals surface area contributed by atoms with E-state index in [1.165, 1.54) is 0 Å². The zero-order valence-corrected chi connectivity index (χ0v) is 10.9. The predicted octanol–water partition coefficient (Wildman–Crippen LogP) is 2.85. The lowest BCUT2D eigenvalue weighted by Crippen LogP contribution is -2.18. The summed E-state index contributed by atoms with van der Waals surface area (Å²) in [6, 6.07) is 7.44. The largest absolute Gasteiger partial charge is 0.506 e. The van der Waals surface area contributed by atoms with E-state index < -0.39 is 0 Å². The van der Waals surface area contributed by atoms with Crippen LogP contribution in [0, 0.1) is 13.8 Å². The summed E-state index contributed by atoms with van der Waals surface area (Å²) < 4.78 is 5.54. The molecule has 0 saturated heterocycles. The highest BCUT2D eigenvalue weighted by Crippen LogP contribution is 2.18. The van der Waals surface area contributed by atoms with E-state index in [9.17, 15) is 5.11 Å². The molecule has 1 atom stereocenters. The summed E-state index contributed by atoms with van der Waals surface area (Å²) in [6.07, 6.45) is 0. The third-order valence-corrected chi connectivity index (χ3v) is 2.85. The standard InChI is InChI=1S/C14H18N2O2/c1-9-4-6-13(17)12(16-9)8-15-11(3)14-7-5-10(2)18-14/h4-7,11,15,17H,8H2,1-3H3/t11-/m0/s1. The van der Waals surface area contributed by atoms with Crippen molar-refractivity contribution in [2.45, 2.75) is 33.4 Å². The zero-order chi connectivity index (χ0) is 13.1. The molecule has 4 heteroatoms. The molecule has 0 aliphatic rings. The van der Waals surface area contributed by atoms with E-state index in [4.69, 9.17) is 4.42 Å². The fourth-order valence-electron chi connectivity index (χ4n) is 1.77. The van der Waals surface area contributed by atoms with Gasteiger partial charge in [0.2, 0.25) is 0 Å². The van der Waals surface area contributed by atoms with E-state index in [1.807, 2.05) is 32.9 Å². The highest BCUT2D eigenvalue weighted by molar-refractivity contribution is 5.27. The van der Waals surface area contributed by atoms with Crippen LogP contribution in [0.15, 0.2) is 28.7 Å². The molecule has 2 N–H and O–H groups in total. The van der Waals surface area contributed by atoms with Gasteiger partial charge in [0.15, 0.2) is 0 Å². The zero-order valence-electron chi connectivity index (χ0n) is 10.9. The van der Waals surface area contributed by atoms with Crippen LogP contribution in [0.1, 0.15) is 35.9 Å². The Labute approximate surface area is 107 Å². The van der Waals surface area contributed by atoms with Gasteiger partial charge in [0.05, 0.1) is 11.7 Å². The van der Waals surface area contributed by atoms with E-state index >= 15 is 0 Å². The molecule has 0 spiro atoms. The second-order valence-corrected chi connectivity index (χ2v) is 4.47. The molecule has 0 saturated carbocycles. The van der Waals surface area contributed by atoms with Crippen molar-refractivity contribution in [1.29, 1.82) is 0 Å². The van der Waals surface area contributed by atoms with Gasteiger partial charge in [0.1, 0.15) is 17.3 Å². The van der Waals surface area contributed by atoms with Crippen molar-refractivity contribution in [3.8, 4) is 5.75 Å². The summed E-state index contributed by atoms with van der Waals surface area (Å²) >= 11 is 0. The van der Waals surface area contributed by atoms with Crippen molar-refractivity contribution in [2.75, 3.05) is 0 Å². The number of hydrogen-bond acceptors (Lipinski definition) is 4. The lowest BCUT2D eigenvalue weighted by atomic mass is 10.2. The summed E-state index contributed by atoms with van der Waals surface area (Å²) in [5.41, 5.74) is 1.55. The van der Waals surface area contributed by atoms with Crippen LogP contribution in [-0.4, -0.2) is 10.1 Å². The molecule has 0 bridgehead atoms. The quantitative estimate of drug-likeness (QED) is 0.871. The van der Waals surface area contributed by atoms with Crippen LogP contribution < -0.4 is 5.32 Å². The molecule has 0 fully saturated rings. The average Bonchev–Trinajstić information content (AvgIpc) is 2.77. The first-order chi connectivity index (χ1) is 8.56. The number of aromatic nitrogens is 1. The van der Waals surface area contributed by atoms with Crippen LogP contribution in [0.2, 0.25) is 0 Å². The lowest BCUT2D eigenvalue weighted by Gasteiger charge is -2.12. The molecule has 0 amide bonds. The van der Waals surface area contributed by atoms with Crippen molar-refractivity contribution in [1.82, 2.24) is 10.3 Å². The summed E-state index contributed by atoms with van der Waals surface area (Å²) in [5, 5.41) is 13.0. The highest BCUT2D eigenvalue weighted by Gasteiger charge is 2.10. The van der Waals surface area contributed by atoms with Crippen LogP contribution in [0.4, 0.5) is 0 Å². The summed E-state index contributed by atoms with van der Waals surface area (Å²) in [6.45, 7) is 6.35. The minimum absolute atomic E-state index is 0.0837. The molecule has 4 nitrogen and oxygen atoms in total. The molecule has 2 heterocycles. The SMILES string of the molecule is Cc1ccc(O)c(CN[C@@H](C)c2ccc(C)o2)n1. The van der Waals surface area contributed by atoms with Gasteiger partial charge in [0, 0.05) is 12.2 Å². The number of hydrogen-bond donors (Lipinski definition) is 2. The number of rotatable bonds is 4. The number of nitrogens with one attached hydrogen (secondary N) is 1. The maximum Gasteiger partial charge on any atom is 0.138 e. The lowest BCUT2D eigenvalue weighted by molar-refractivity contribution is 0.407. The molecule has 0 aromatic carbocycles. The molecule has 96 valence electrons. The Balaban J connectivity index is 2.01. The van der Waals surface area contributed by atoms with Crippen LogP contribution >= 0.6 is 0 Å². The minimum Gasteiger partial charge on any atom is -0.506 e. The van der Waals surface area contributed by atoms with Crippen LogP contribution in [0.25, 0.3) is 0 Å². The van der Waals surface area contributed by atoms with E-state index in [2.05, 4.69) is 10.3 Å². The van der Waals surface area contributed by atoms with Gasteiger partial charge < -0.3 is 14.8 Å². The number of aromatic hydroxyl groups is 1. The van der Waals surface area contributed by atoms with Crippen molar-refractivity contribution >= 4 is 0 Å². The number of pyridine rings is 1. The second kappa shape index (κ2) is 5.23. The van der Waals surface area contributed by atoms with Crippen molar-refractivity contribution in [3.05, 3.63) is 47.2 Å². The maximum atomic E-state index is 9.70. The van der Waals surface area contributed by atoms with Gasteiger partial charge in [-0.1, -0.05) is 0 Å². The Kier molecular flexibility index (Phi) is 3.67. The fraction of sp³-hybridized carbons (Fsp3) is 0.357. The first-order valence-corrected chi connectivity index (χ1v) is 6.01. The highest BCUT2D eigenvalue weighted by atomic mass is 16.3. The molecule has 0 radical (unpaired) electrons. The van der Waals surface area contributed by atoms with Gasteiger partial charge in [-0.15, -0.1) is 0 Å².